The monoisotopic (exact) mass is 383 g/mol. The summed E-state index contributed by atoms with van der Waals surface area (Å²) >= 11 is 0. The molecule has 0 radical (unpaired) electrons. The van der Waals surface area contributed by atoms with Crippen LogP contribution in [-0.4, -0.2) is 39.2 Å². The van der Waals surface area contributed by atoms with E-state index in [1.54, 1.807) is 11.0 Å². The molecule has 0 aliphatic carbocycles. The normalized spacial score (nSPS) is 15.8. The third kappa shape index (κ3) is 4.00. The van der Waals surface area contributed by atoms with Crippen LogP contribution in [0.5, 0.6) is 0 Å². The third-order valence-electron chi connectivity index (χ3n) is 5.05. The van der Waals surface area contributed by atoms with E-state index in [-0.39, 0.29) is 11.3 Å². The molecule has 1 aromatic carbocycles. The Kier molecular flexibility index (Phi) is 5.67. The predicted molar refractivity (Wildman–Crippen MR) is 102 cm³/mol. The van der Waals surface area contributed by atoms with Gasteiger partial charge in [-0.1, -0.05) is 25.1 Å². The van der Waals surface area contributed by atoms with Gasteiger partial charge >= 0.3 is 0 Å². The van der Waals surface area contributed by atoms with Gasteiger partial charge in [-0.15, -0.1) is 0 Å². The van der Waals surface area contributed by atoms with Crippen molar-refractivity contribution in [2.75, 3.05) is 13.1 Å². The quantitative estimate of drug-likeness (QED) is 0.341. The van der Waals surface area contributed by atoms with Crippen LogP contribution in [0.15, 0.2) is 53.5 Å². The van der Waals surface area contributed by atoms with E-state index >= 15 is 0 Å². The van der Waals surface area contributed by atoms with Crippen LogP contribution < -0.4 is 5.56 Å². The molecule has 1 aliphatic rings. The standard InChI is InChI=1S/C20H21N3O5/c1-14-8-11-21(12-9-14)20(26)18(22-10-3-2-7-17(22)24)19(25)15-5-4-6-16(13-15)23(27)28/h2-7,10,13-14,18H,8-9,11-12H2,1H3. The maximum Gasteiger partial charge on any atom is 0.270 e. The number of benzene rings is 1. The van der Waals surface area contributed by atoms with Crippen molar-refractivity contribution in [1.82, 2.24) is 9.47 Å². The number of non-ortho nitro benzene ring substituents is 1. The van der Waals surface area contributed by atoms with Gasteiger partial charge in [-0.05, 0) is 24.8 Å². The fourth-order valence-electron chi connectivity index (χ4n) is 3.34. The number of rotatable bonds is 5. The molecule has 0 bridgehead atoms. The summed E-state index contributed by atoms with van der Waals surface area (Å²) in [5, 5.41) is 11.0. The number of pyridine rings is 1. The van der Waals surface area contributed by atoms with Crippen LogP contribution in [0.2, 0.25) is 0 Å². The van der Waals surface area contributed by atoms with Gasteiger partial charge in [0.15, 0.2) is 11.8 Å². The molecule has 2 aromatic rings. The molecular weight excluding hydrogens is 362 g/mol. The highest BCUT2D eigenvalue weighted by Crippen LogP contribution is 2.23. The van der Waals surface area contributed by atoms with E-state index in [0.29, 0.717) is 19.0 Å². The number of carbonyl (C=O) groups is 2. The molecule has 1 aliphatic heterocycles. The molecule has 3 rings (SSSR count). The molecule has 28 heavy (non-hydrogen) atoms. The highest BCUT2D eigenvalue weighted by Gasteiger charge is 2.35. The summed E-state index contributed by atoms with van der Waals surface area (Å²) in [4.78, 5) is 50.8. The molecule has 1 amide bonds. The maximum atomic E-state index is 13.2. The molecule has 1 saturated heterocycles. The van der Waals surface area contributed by atoms with Crippen LogP contribution in [0, 0.1) is 16.0 Å². The van der Waals surface area contributed by atoms with Gasteiger partial charge in [-0.2, -0.15) is 0 Å². The lowest BCUT2D eigenvalue weighted by Gasteiger charge is -2.33. The zero-order valence-electron chi connectivity index (χ0n) is 15.5. The highest BCUT2D eigenvalue weighted by molar-refractivity contribution is 6.12. The number of amides is 1. The number of piperidine rings is 1. The maximum absolute atomic E-state index is 13.2. The Bertz CT molecular complexity index is 960. The van der Waals surface area contributed by atoms with Crippen molar-refractivity contribution >= 4 is 17.4 Å². The summed E-state index contributed by atoms with van der Waals surface area (Å²) in [5.41, 5.74) is -0.706. The average molecular weight is 383 g/mol. The number of Topliss-reactive ketones (excluding diaryl/α,β-unsaturated/α-hetero) is 1. The lowest BCUT2D eigenvalue weighted by molar-refractivity contribution is -0.384. The Morgan fingerprint density at radius 1 is 1.14 bits per heavy atom. The van der Waals surface area contributed by atoms with Crippen molar-refractivity contribution in [3.63, 3.8) is 0 Å². The second-order valence-electron chi connectivity index (χ2n) is 7.03. The Labute approximate surface area is 161 Å². The first-order valence-corrected chi connectivity index (χ1v) is 9.13. The van der Waals surface area contributed by atoms with Crippen LogP contribution >= 0.6 is 0 Å². The van der Waals surface area contributed by atoms with Gasteiger partial charge < -0.3 is 4.90 Å². The number of nitro groups is 1. The van der Waals surface area contributed by atoms with Crippen LogP contribution in [-0.2, 0) is 4.79 Å². The smallest absolute Gasteiger partial charge is 0.270 e. The number of ketones is 1. The van der Waals surface area contributed by atoms with Gasteiger partial charge in [0.2, 0.25) is 0 Å². The molecule has 1 aromatic heterocycles. The van der Waals surface area contributed by atoms with Gasteiger partial charge in [0.25, 0.3) is 17.2 Å². The van der Waals surface area contributed by atoms with E-state index in [0.717, 1.165) is 23.5 Å². The number of hydrogen-bond acceptors (Lipinski definition) is 5. The number of hydrogen-bond donors (Lipinski definition) is 0. The summed E-state index contributed by atoms with van der Waals surface area (Å²) < 4.78 is 1.10. The molecule has 0 N–H and O–H groups in total. The molecule has 0 saturated carbocycles. The first-order valence-electron chi connectivity index (χ1n) is 9.13. The lowest BCUT2D eigenvalue weighted by atomic mass is 9.97. The number of likely N-dealkylation sites (tertiary alicyclic amines) is 1. The minimum atomic E-state index is -1.39. The summed E-state index contributed by atoms with van der Waals surface area (Å²) in [7, 11) is 0. The van der Waals surface area contributed by atoms with E-state index in [1.165, 1.54) is 36.5 Å². The second kappa shape index (κ2) is 8.16. The molecule has 1 unspecified atom stereocenters. The summed E-state index contributed by atoms with van der Waals surface area (Å²) in [6.07, 6.45) is 3.05. The Balaban J connectivity index is 2.01. The van der Waals surface area contributed by atoms with Crippen molar-refractivity contribution in [2.24, 2.45) is 5.92 Å². The highest BCUT2D eigenvalue weighted by atomic mass is 16.6. The zero-order valence-corrected chi connectivity index (χ0v) is 15.5. The Morgan fingerprint density at radius 2 is 1.86 bits per heavy atom. The van der Waals surface area contributed by atoms with Gasteiger partial charge in [-0.3, -0.25) is 29.1 Å². The minimum absolute atomic E-state index is 0.0219. The minimum Gasteiger partial charge on any atom is -0.340 e. The van der Waals surface area contributed by atoms with Crippen LogP contribution in [0.4, 0.5) is 5.69 Å². The van der Waals surface area contributed by atoms with Gasteiger partial charge in [0.1, 0.15) is 0 Å². The van der Waals surface area contributed by atoms with Gasteiger partial charge in [-0.25, -0.2) is 0 Å². The van der Waals surface area contributed by atoms with Crippen LogP contribution in [0.25, 0.3) is 0 Å². The summed E-state index contributed by atoms with van der Waals surface area (Å²) in [5.74, 6) is -0.605. The fraction of sp³-hybridized carbons (Fsp3) is 0.350. The van der Waals surface area contributed by atoms with E-state index in [4.69, 9.17) is 0 Å². The van der Waals surface area contributed by atoms with E-state index < -0.39 is 28.2 Å². The molecule has 0 spiro atoms. The first kappa shape index (κ1) is 19.5. The summed E-state index contributed by atoms with van der Waals surface area (Å²) in [6, 6.07) is 8.21. The average Bonchev–Trinajstić information content (AvgIpc) is 2.70. The van der Waals surface area contributed by atoms with E-state index in [2.05, 4.69) is 6.92 Å². The van der Waals surface area contributed by atoms with Gasteiger partial charge in [0.05, 0.1) is 4.92 Å². The zero-order chi connectivity index (χ0) is 20.3. The van der Waals surface area contributed by atoms with Crippen LogP contribution in [0.1, 0.15) is 36.2 Å². The Morgan fingerprint density at radius 3 is 2.50 bits per heavy atom. The topological polar surface area (TPSA) is 103 Å². The van der Waals surface area contributed by atoms with Crippen molar-refractivity contribution in [1.29, 1.82) is 0 Å². The molecule has 2 heterocycles. The first-order chi connectivity index (χ1) is 13.4. The lowest BCUT2D eigenvalue weighted by Crippen LogP contribution is -2.46. The molecule has 1 atom stereocenters. The molecule has 8 nitrogen and oxygen atoms in total. The molecule has 8 heteroatoms. The number of nitro benzene ring substituents is 1. The van der Waals surface area contributed by atoms with Crippen molar-refractivity contribution in [3.8, 4) is 0 Å². The molecule has 146 valence electrons. The van der Waals surface area contributed by atoms with Crippen molar-refractivity contribution < 1.29 is 14.5 Å². The number of aromatic nitrogens is 1. The number of carbonyl (C=O) groups excluding carboxylic acids is 2. The van der Waals surface area contributed by atoms with E-state index in [9.17, 15) is 24.5 Å². The predicted octanol–water partition coefficient (Wildman–Crippen LogP) is 2.44. The van der Waals surface area contributed by atoms with Crippen molar-refractivity contribution in [3.05, 3.63) is 74.7 Å². The number of nitrogens with zero attached hydrogens (tertiary/aromatic N) is 3. The largest absolute Gasteiger partial charge is 0.340 e. The Hall–Kier alpha value is -3.29. The fourth-order valence-corrected chi connectivity index (χ4v) is 3.34. The van der Waals surface area contributed by atoms with Crippen LogP contribution in [0.3, 0.4) is 0 Å². The molecular formula is C20H21N3O5. The van der Waals surface area contributed by atoms with E-state index in [1.807, 2.05) is 0 Å². The van der Waals surface area contributed by atoms with Crippen molar-refractivity contribution in [2.45, 2.75) is 25.8 Å². The molecule has 1 fully saturated rings. The van der Waals surface area contributed by atoms with Gasteiger partial charge in [0, 0.05) is 43.0 Å². The SMILES string of the molecule is CC1CCN(C(=O)C(C(=O)c2cccc([N+](=O)[O-])c2)n2ccccc2=O)CC1. The summed E-state index contributed by atoms with van der Waals surface area (Å²) in [6.45, 7) is 3.13. The third-order valence-corrected chi connectivity index (χ3v) is 5.05. The second-order valence-corrected chi connectivity index (χ2v) is 7.03.